The van der Waals surface area contributed by atoms with Crippen LogP contribution in [0.2, 0.25) is 0 Å². The molecule has 0 aliphatic carbocycles. The van der Waals surface area contributed by atoms with Gasteiger partial charge in [0.1, 0.15) is 23.9 Å². The standard InChI is InChI=1S/C46H58N6O9S/c1-28-39(62-27-48-28)30-19-17-29(18-20-30)25-47-41(56)34-24-31(53)26-51(34)45(60)40(46(2,3)4)49-36(54)16-11-9-7-5-6-8-10-12-23-61-35-15-13-14-32-38(35)44(59)52(43(32)58)33-21-22-37(55)50-42(33)57/h13-15,17-20,27,31,33-34,40,53H,5-12,16,21-26H2,1-4H3,(H,47,56)(H,49,54)(H,50,55,57)/t31-,33?,34+,40?/m1/s1. The Kier molecular flexibility index (Phi) is 15.3. The molecule has 15 nitrogen and oxygen atoms in total. The number of unbranched alkanes of at least 4 members (excludes halogenated alkanes) is 7. The first-order valence-corrected chi connectivity index (χ1v) is 22.5. The van der Waals surface area contributed by atoms with Gasteiger partial charge in [0.05, 0.1) is 39.9 Å². The number of carbonyl (C=O) groups excluding carboxylic acids is 7. The Labute approximate surface area is 366 Å². The molecule has 4 heterocycles. The number of imide groups is 2. The van der Waals surface area contributed by atoms with Crippen LogP contribution in [0.15, 0.2) is 48.0 Å². The number of benzene rings is 2. The van der Waals surface area contributed by atoms with Gasteiger partial charge in [-0.05, 0) is 54.9 Å². The first-order valence-electron chi connectivity index (χ1n) is 21.7. The lowest BCUT2D eigenvalue weighted by Gasteiger charge is -2.35. The molecule has 0 bridgehead atoms. The van der Waals surface area contributed by atoms with Gasteiger partial charge in [-0.3, -0.25) is 43.8 Å². The molecule has 0 saturated carbocycles. The lowest BCUT2D eigenvalue weighted by Crippen LogP contribution is -2.57. The van der Waals surface area contributed by atoms with Crippen molar-refractivity contribution in [2.75, 3.05) is 13.2 Å². The van der Waals surface area contributed by atoms with Gasteiger partial charge < -0.3 is 25.4 Å². The number of amides is 7. The maximum Gasteiger partial charge on any atom is 0.266 e. The normalized spacial score (nSPS) is 19.3. The largest absolute Gasteiger partial charge is 0.493 e. The number of aliphatic hydroxyl groups excluding tert-OH is 1. The summed E-state index contributed by atoms with van der Waals surface area (Å²) in [4.78, 5) is 98.6. The van der Waals surface area contributed by atoms with Crippen LogP contribution in [-0.2, 0) is 30.5 Å². The van der Waals surface area contributed by atoms with E-state index in [4.69, 9.17) is 4.74 Å². The molecule has 3 aromatic rings. The first kappa shape index (κ1) is 46.0. The van der Waals surface area contributed by atoms with Crippen molar-refractivity contribution in [3.63, 3.8) is 0 Å². The zero-order valence-electron chi connectivity index (χ0n) is 36.0. The van der Waals surface area contributed by atoms with E-state index in [1.54, 1.807) is 29.5 Å². The monoisotopic (exact) mass is 870 g/mol. The van der Waals surface area contributed by atoms with E-state index >= 15 is 0 Å². The Bertz CT molecular complexity index is 2150. The highest BCUT2D eigenvalue weighted by molar-refractivity contribution is 7.13. The van der Waals surface area contributed by atoms with Crippen LogP contribution in [0.5, 0.6) is 5.75 Å². The topological polar surface area (TPSA) is 204 Å². The molecule has 2 aromatic carbocycles. The number of rotatable bonds is 19. The van der Waals surface area contributed by atoms with Crippen molar-refractivity contribution in [2.24, 2.45) is 5.41 Å². The number of aryl methyl sites for hydroxylation is 1. The van der Waals surface area contributed by atoms with Gasteiger partial charge >= 0.3 is 0 Å². The molecule has 2 fully saturated rings. The Balaban J connectivity index is 0.867. The first-order chi connectivity index (χ1) is 29.6. The average Bonchev–Trinajstić information content (AvgIpc) is 3.92. The van der Waals surface area contributed by atoms with Gasteiger partial charge in [0.25, 0.3) is 11.8 Å². The minimum atomic E-state index is -1.03. The van der Waals surface area contributed by atoms with Crippen molar-refractivity contribution in [1.82, 2.24) is 30.7 Å². The third kappa shape index (κ3) is 11.1. The zero-order chi connectivity index (χ0) is 44.6. The summed E-state index contributed by atoms with van der Waals surface area (Å²) in [5, 5.41) is 18.6. The van der Waals surface area contributed by atoms with Gasteiger partial charge in [0.2, 0.25) is 29.5 Å². The fourth-order valence-corrected chi connectivity index (χ4v) is 9.06. The number of ether oxygens (including phenoxy) is 1. The lowest BCUT2D eigenvalue weighted by atomic mass is 9.85. The van der Waals surface area contributed by atoms with Crippen LogP contribution >= 0.6 is 11.3 Å². The van der Waals surface area contributed by atoms with Crippen LogP contribution in [0.1, 0.15) is 130 Å². The smallest absolute Gasteiger partial charge is 0.266 e. The molecule has 2 unspecified atom stereocenters. The molecule has 4 N–H and O–H groups in total. The highest BCUT2D eigenvalue weighted by Crippen LogP contribution is 2.34. The average molecular weight is 871 g/mol. The number of aromatic nitrogens is 1. The summed E-state index contributed by atoms with van der Waals surface area (Å²) >= 11 is 1.57. The van der Waals surface area contributed by atoms with Gasteiger partial charge in [0.15, 0.2) is 0 Å². The number of nitrogens with zero attached hydrogens (tertiary/aromatic N) is 3. The minimum absolute atomic E-state index is 0.0142. The van der Waals surface area contributed by atoms with E-state index in [9.17, 15) is 38.7 Å². The fourth-order valence-electron chi connectivity index (χ4n) is 8.25. The molecule has 1 aromatic heterocycles. The van der Waals surface area contributed by atoms with Gasteiger partial charge in [-0.1, -0.05) is 89.6 Å². The number of carbonyl (C=O) groups is 7. The molecule has 2 saturated heterocycles. The van der Waals surface area contributed by atoms with E-state index in [0.29, 0.717) is 18.8 Å². The summed E-state index contributed by atoms with van der Waals surface area (Å²) in [5.41, 5.74) is 4.43. The van der Waals surface area contributed by atoms with Crippen LogP contribution in [0.25, 0.3) is 10.4 Å². The molecule has 3 aliphatic heterocycles. The predicted molar refractivity (Wildman–Crippen MR) is 232 cm³/mol. The van der Waals surface area contributed by atoms with Crippen LogP contribution in [0.3, 0.4) is 0 Å². The van der Waals surface area contributed by atoms with Crippen molar-refractivity contribution in [3.8, 4) is 16.2 Å². The number of piperidine rings is 1. The third-order valence-corrected chi connectivity index (χ3v) is 12.7. The number of hydrogen-bond acceptors (Lipinski definition) is 11. The number of β-amino-alcohol motifs (C(OH)–C–C–N with tert-alkyl or cyclic N) is 1. The van der Waals surface area contributed by atoms with Crippen LogP contribution in [0, 0.1) is 12.3 Å². The summed E-state index contributed by atoms with van der Waals surface area (Å²) in [7, 11) is 0. The fraction of sp³-hybridized carbons (Fsp3) is 0.522. The summed E-state index contributed by atoms with van der Waals surface area (Å²) < 4.78 is 5.94. The molecule has 4 atom stereocenters. The van der Waals surface area contributed by atoms with E-state index in [1.807, 2.05) is 57.5 Å². The molecule has 3 aliphatic rings. The molecule has 0 radical (unpaired) electrons. The highest BCUT2D eigenvalue weighted by Gasteiger charge is 2.47. The highest BCUT2D eigenvalue weighted by atomic mass is 32.1. The van der Waals surface area contributed by atoms with Crippen molar-refractivity contribution >= 4 is 52.7 Å². The Morgan fingerprint density at radius 2 is 1.65 bits per heavy atom. The molecule has 6 rings (SSSR count). The molecule has 16 heteroatoms. The summed E-state index contributed by atoms with van der Waals surface area (Å²) in [6.07, 6.45) is 6.84. The second kappa shape index (κ2) is 20.6. The molecule has 7 amide bonds. The van der Waals surface area contributed by atoms with Crippen molar-refractivity contribution in [1.29, 1.82) is 0 Å². The van der Waals surface area contributed by atoms with E-state index in [0.717, 1.165) is 71.5 Å². The number of likely N-dealkylation sites (tertiary alicyclic amines) is 1. The SMILES string of the molecule is Cc1ncsc1-c1ccc(CNC(=O)[C@@H]2C[C@@H](O)CN2C(=O)C(NC(=O)CCCCCCCCCCOc2cccc3c2C(=O)N(C2CCC(=O)NC2=O)C3=O)C(C)(C)C)cc1. The summed E-state index contributed by atoms with van der Waals surface area (Å²) in [5.74, 6) is -2.90. The van der Waals surface area contributed by atoms with Crippen LogP contribution < -0.4 is 20.7 Å². The van der Waals surface area contributed by atoms with E-state index < -0.39 is 53.3 Å². The second-order valence-electron chi connectivity index (χ2n) is 17.5. The predicted octanol–water partition coefficient (Wildman–Crippen LogP) is 5.22. The van der Waals surface area contributed by atoms with Crippen molar-refractivity contribution in [2.45, 2.75) is 136 Å². The van der Waals surface area contributed by atoms with Gasteiger partial charge in [-0.15, -0.1) is 11.3 Å². The Hall–Kier alpha value is -5.48. The molecule has 62 heavy (non-hydrogen) atoms. The van der Waals surface area contributed by atoms with Crippen molar-refractivity contribution < 1.29 is 43.4 Å². The van der Waals surface area contributed by atoms with Gasteiger partial charge in [-0.25, -0.2) is 4.98 Å². The number of fused-ring (bicyclic) bond motifs is 1. The maximum absolute atomic E-state index is 14.0. The summed E-state index contributed by atoms with van der Waals surface area (Å²) in [6, 6.07) is 9.95. The zero-order valence-corrected chi connectivity index (χ0v) is 36.8. The third-order valence-electron chi connectivity index (χ3n) is 11.7. The van der Waals surface area contributed by atoms with E-state index in [1.165, 1.54) is 4.90 Å². The maximum atomic E-state index is 14.0. The Morgan fingerprint density at radius 1 is 0.952 bits per heavy atom. The molecule has 0 spiro atoms. The van der Waals surface area contributed by atoms with Crippen LogP contribution in [-0.4, -0.2) is 98.6 Å². The van der Waals surface area contributed by atoms with Gasteiger partial charge in [-0.2, -0.15) is 0 Å². The summed E-state index contributed by atoms with van der Waals surface area (Å²) in [6.45, 7) is 8.23. The van der Waals surface area contributed by atoms with E-state index in [2.05, 4.69) is 20.9 Å². The number of aliphatic hydroxyl groups is 1. The molecular formula is C46H58N6O9S. The number of nitrogens with one attached hydrogen (secondary N) is 3. The minimum Gasteiger partial charge on any atom is -0.493 e. The van der Waals surface area contributed by atoms with Crippen molar-refractivity contribution in [3.05, 3.63) is 70.4 Å². The molecule has 332 valence electrons. The lowest BCUT2D eigenvalue weighted by molar-refractivity contribution is -0.144. The second-order valence-corrected chi connectivity index (χ2v) is 18.4. The molecular weight excluding hydrogens is 813 g/mol. The van der Waals surface area contributed by atoms with Gasteiger partial charge in [0, 0.05) is 32.4 Å². The number of hydrogen-bond donors (Lipinski definition) is 4. The quantitative estimate of drug-likeness (QED) is 0.0914. The van der Waals surface area contributed by atoms with E-state index in [-0.39, 0.29) is 67.6 Å². The number of thiazole rings is 1. The Morgan fingerprint density at radius 3 is 2.31 bits per heavy atom. The van der Waals surface area contributed by atoms with Crippen LogP contribution in [0.4, 0.5) is 0 Å².